The maximum absolute atomic E-state index is 11.9. The van der Waals surface area contributed by atoms with Crippen molar-refractivity contribution in [2.24, 2.45) is 0 Å². The molecule has 0 saturated carbocycles. The number of rotatable bonds is 10. The van der Waals surface area contributed by atoms with Crippen LogP contribution in [0, 0.1) is 0 Å². The highest BCUT2D eigenvalue weighted by molar-refractivity contribution is 5.89. The maximum Gasteiger partial charge on any atom is 0.319 e. The molecule has 4 N–H and O–H groups in total. The van der Waals surface area contributed by atoms with E-state index < -0.39 is 0 Å². The third-order valence-corrected chi connectivity index (χ3v) is 5.40. The predicted octanol–water partition coefficient (Wildman–Crippen LogP) is 3.03. The van der Waals surface area contributed by atoms with E-state index in [1.54, 1.807) is 0 Å². The molecule has 172 valence electrons. The summed E-state index contributed by atoms with van der Waals surface area (Å²) in [6.07, 6.45) is 1.87. The molecule has 4 amide bonds. The number of para-hydroxylation sites is 2. The second kappa shape index (κ2) is 13.3. The van der Waals surface area contributed by atoms with Crippen molar-refractivity contribution in [1.82, 2.24) is 20.4 Å². The van der Waals surface area contributed by atoms with Gasteiger partial charge in [0.05, 0.1) is 0 Å². The van der Waals surface area contributed by atoms with Gasteiger partial charge in [0.1, 0.15) is 0 Å². The molecule has 1 aliphatic rings. The van der Waals surface area contributed by atoms with Gasteiger partial charge in [0.25, 0.3) is 0 Å². The molecule has 8 heteroatoms. The Hall–Kier alpha value is -3.10. The average Bonchev–Trinajstić information content (AvgIpc) is 2.82. The maximum atomic E-state index is 11.9. The lowest BCUT2D eigenvalue weighted by Crippen LogP contribution is -2.47. The van der Waals surface area contributed by atoms with Gasteiger partial charge in [-0.05, 0) is 50.2 Å². The van der Waals surface area contributed by atoms with Gasteiger partial charge in [-0.15, -0.1) is 0 Å². The van der Waals surface area contributed by atoms with E-state index in [9.17, 15) is 9.59 Å². The fourth-order valence-corrected chi connectivity index (χ4v) is 3.64. The molecule has 0 unspecified atom stereocenters. The van der Waals surface area contributed by atoms with E-state index in [1.165, 1.54) is 0 Å². The monoisotopic (exact) mass is 438 g/mol. The SMILES string of the molecule is O=C(NCCCN1CCN(CCCNC(=O)Nc2ccccc2)CC1)Nc1ccccc1. The number of benzene rings is 2. The van der Waals surface area contributed by atoms with Crippen molar-refractivity contribution >= 4 is 23.4 Å². The van der Waals surface area contributed by atoms with Gasteiger partial charge in [-0.25, -0.2) is 9.59 Å². The summed E-state index contributed by atoms with van der Waals surface area (Å²) < 4.78 is 0. The number of nitrogens with one attached hydrogen (secondary N) is 4. The highest BCUT2D eigenvalue weighted by Gasteiger charge is 2.16. The standard InChI is InChI=1S/C24H34N6O2/c31-23(27-21-9-3-1-4-10-21)25-13-7-15-29-17-19-30(20-18-29)16-8-14-26-24(32)28-22-11-5-2-6-12-22/h1-6,9-12H,7-8,13-20H2,(H2,25,27,31)(H2,26,28,32). The first-order valence-corrected chi connectivity index (χ1v) is 11.3. The van der Waals surface area contributed by atoms with Gasteiger partial charge in [-0.1, -0.05) is 36.4 Å². The van der Waals surface area contributed by atoms with Crippen molar-refractivity contribution in [2.45, 2.75) is 12.8 Å². The zero-order valence-electron chi connectivity index (χ0n) is 18.6. The van der Waals surface area contributed by atoms with Crippen LogP contribution < -0.4 is 21.3 Å². The lowest BCUT2D eigenvalue weighted by Gasteiger charge is -2.34. The number of anilines is 2. The molecule has 3 rings (SSSR count). The van der Waals surface area contributed by atoms with E-state index in [-0.39, 0.29) is 12.1 Å². The molecule has 32 heavy (non-hydrogen) atoms. The van der Waals surface area contributed by atoms with Gasteiger partial charge < -0.3 is 31.1 Å². The van der Waals surface area contributed by atoms with Crippen molar-refractivity contribution in [3.05, 3.63) is 60.7 Å². The molecule has 0 atom stereocenters. The van der Waals surface area contributed by atoms with Crippen LogP contribution in [0.15, 0.2) is 60.7 Å². The quantitative estimate of drug-likeness (QED) is 0.430. The summed E-state index contributed by atoms with van der Waals surface area (Å²) in [6.45, 7) is 7.46. The number of urea groups is 2. The number of hydrogen-bond donors (Lipinski definition) is 4. The van der Waals surface area contributed by atoms with Crippen molar-refractivity contribution in [1.29, 1.82) is 0 Å². The third kappa shape index (κ3) is 8.95. The fourth-order valence-electron chi connectivity index (χ4n) is 3.64. The number of nitrogens with zero attached hydrogens (tertiary/aromatic N) is 2. The van der Waals surface area contributed by atoms with Crippen LogP contribution in [0.25, 0.3) is 0 Å². The van der Waals surface area contributed by atoms with Crippen LogP contribution in [0.4, 0.5) is 21.0 Å². The highest BCUT2D eigenvalue weighted by Crippen LogP contribution is 2.06. The van der Waals surface area contributed by atoms with Crippen LogP contribution in [-0.2, 0) is 0 Å². The lowest BCUT2D eigenvalue weighted by molar-refractivity contribution is 0.130. The third-order valence-electron chi connectivity index (χ3n) is 5.40. The van der Waals surface area contributed by atoms with Crippen LogP contribution in [0.2, 0.25) is 0 Å². The Labute approximate surface area is 190 Å². The minimum absolute atomic E-state index is 0.160. The Balaban J connectivity index is 1.17. The van der Waals surface area contributed by atoms with Gasteiger partial charge in [-0.2, -0.15) is 0 Å². The minimum atomic E-state index is -0.160. The van der Waals surface area contributed by atoms with Crippen LogP contribution in [-0.4, -0.2) is 74.2 Å². The molecule has 0 aliphatic carbocycles. The Morgan fingerprint density at radius 3 is 1.38 bits per heavy atom. The summed E-state index contributed by atoms with van der Waals surface area (Å²) in [5.74, 6) is 0. The van der Waals surface area contributed by atoms with E-state index in [0.717, 1.165) is 63.5 Å². The van der Waals surface area contributed by atoms with Crippen LogP contribution in [0.5, 0.6) is 0 Å². The van der Waals surface area contributed by atoms with Crippen LogP contribution in [0.1, 0.15) is 12.8 Å². The zero-order chi connectivity index (χ0) is 22.4. The van der Waals surface area contributed by atoms with Gasteiger partial charge in [-0.3, -0.25) is 0 Å². The van der Waals surface area contributed by atoms with Crippen LogP contribution in [0.3, 0.4) is 0 Å². The topological polar surface area (TPSA) is 88.7 Å². The molecule has 0 spiro atoms. The number of hydrogen-bond acceptors (Lipinski definition) is 4. The number of amides is 4. The van der Waals surface area contributed by atoms with E-state index in [2.05, 4.69) is 31.1 Å². The number of carbonyl (C=O) groups is 2. The number of piperazine rings is 1. The molecule has 1 saturated heterocycles. The summed E-state index contributed by atoms with van der Waals surface area (Å²) in [7, 11) is 0. The Morgan fingerprint density at radius 2 is 1.00 bits per heavy atom. The predicted molar refractivity (Wildman–Crippen MR) is 129 cm³/mol. The van der Waals surface area contributed by atoms with Gasteiger partial charge >= 0.3 is 12.1 Å². The first-order chi connectivity index (χ1) is 15.7. The normalized spacial score (nSPS) is 14.5. The number of carbonyl (C=O) groups excluding carboxylic acids is 2. The van der Waals surface area contributed by atoms with E-state index in [0.29, 0.717) is 13.1 Å². The van der Waals surface area contributed by atoms with E-state index >= 15 is 0 Å². The molecular formula is C24H34N6O2. The first kappa shape index (κ1) is 23.6. The van der Waals surface area contributed by atoms with Crippen LogP contribution >= 0.6 is 0 Å². The molecule has 8 nitrogen and oxygen atoms in total. The van der Waals surface area contributed by atoms with Gasteiger partial charge in [0, 0.05) is 50.6 Å². The highest BCUT2D eigenvalue weighted by atomic mass is 16.2. The molecule has 1 fully saturated rings. The lowest BCUT2D eigenvalue weighted by atomic mass is 10.2. The summed E-state index contributed by atoms with van der Waals surface area (Å²) in [5, 5.41) is 11.5. The van der Waals surface area contributed by atoms with Crippen molar-refractivity contribution in [3.63, 3.8) is 0 Å². The van der Waals surface area contributed by atoms with Gasteiger partial charge in [0.15, 0.2) is 0 Å². The average molecular weight is 439 g/mol. The van der Waals surface area contributed by atoms with Crippen molar-refractivity contribution in [3.8, 4) is 0 Å². The molecule has 0 radical (unpaired) electrons. The molecule has 0 aromatic heterocycles. The first-order valence-electron chi connectivity index (χ1n) is 11.3. The molecule has 0 bridgehead atoms. The van der Waals surface area contributed by atoms with E-state index in [4.69, 9.17) is 0 Å². The Bertz CT molecular complexity index is 740. The molecule has 1 aliphatic heterocycles. The largest absolute Gasteiger partial charge is 0.338 e. The Morgan fingerprint density at radius 1 is 0.625 bits per heavy atom. The Kier molecular flexibility index (Phi) is 9.82. The molecule has 2 aromatic carbocycles. The zero-order valence-corrected chi connectivity index (χ0v) is 18.6. The summed E-state index contributed by atoms with van der Waals surface area (Å²) in [4.78, 5) is 28.7. The molecule has 2 aromatic rings. The summed E-state index contributed by atoms with van der Waals surface area (Å²) >= 11 is 0. The molecule has 1 heterocycles. The minimum Gasteiger partial charge on any atom is -0.338 e. The smallest absolute Gasteiger partial charge is 0.319 e. The molecular weight excluding hydrogens is 404 g/mol. The van der Waals surface area contributed by atoms with Gasteiger partial charge in [0.2, 0.25) is 0 Å². The van der Waals surface area contributed by atoms with Crippen molar-refractivity contribution < 1.29 is 9.59 Å². The second-order valence-electron chi connectivity index (χ2n) is 7.88. The second-order valence-corrected chi connectivity index (χ2v) is 7.88. The summed E-state index contributed by atoms with van der Waals surface area (Å²) in [6, 6.07) is 18.6. The van der Waals surface area contributed by atoms with Crippen molar-refractivity contribution in [2.75, 3.05) is 63.0 Å². The summed E-state index contributed by atoms with van der Waals surface area (Å²) in [5.41, 5.74) is 1.60. The van der Waals surface area contributed by atoms with E-state index in [1.807, 2.05) is 60.7 Å². The fraction of sp³-hybridized carbons (Fsp3) is 0.417.